The van der Waals surface area contributed by atoms with E-state index in [4.69, 9.17) is 15.0 Å². The molecule has 10 aromatic rings. The van der Waals surface area contributed by atoms with Crippen molar-refractivity contribution in [2.45, 2.75) is 43.9 Å². The molecule has 4 fully saturated rings. The molecule has 3 heterocycles. The molecule has 5 nitrogen and oxygen atoms in total. The second-order valence-electron chi connectivity index (χ2n) is 18.9. The van der Waals surface area contributed by atoms with Crippen molar-refractivity contribution in [3.05, 3.63) is 200 Å². The van der Waals surface area contributed by atoms with Crippen LogP contribution in [0.2, 0.25) is 0 Å². The monoisotopic (exact) mass is 837 g/mol. The first-order valence-corrected chi connectivity index (χ1v) is 23.3. The summed E-state index contributed by atoms with van der Waals surface area (Å²) in [4.78, 5) is 20.2. The lowest BCUT2D eigenvalue weighted by molar-refractivity contribution is -0.00518. The molecule has 4 bridgehead atoms. The molecule has 0 atom stereocenters. The van der Waals surface area contributed by atoms with Gasteiger partial charge in [-0.15, -0.1) is 0 Å². The molecule has 3 aromatic heterocycles. The molecule has 312 valence electrons. The molecule has 4 saturated carbocycles. The zero-order chi connectivity index (χ0) is 42.9. The van der Waals surface area contributed by atoms with Gasteiger partial charge in [0.15, 0.2) is 17.5 Å². The highest BCUT2D eigenvalue weighted by Gasteiger charge is 2.51. The smallest absolute Gasteiger partial charge is 0.164 e. The minimum atomic E-state index is 0.338. The van der Waals surface area contributed by atoms with Crippen LogP contribution in [0.5, 0.6) is 0 Å². The first-order valence-electron chi connectivity index (χ1n) is 23.3. The first kappa shape index (κ1) is 38.0. The second kappa shape index (κ2) is 15.3. The highest BCUT2D eigenvalue weighted by Crippen LogP contribution is 2.61. The van der Waals surface area contributed by atoms with Crippen LogP contribution in [-0.2, 0) is 5.41 Å². The number of nitrogens with zero attached hydrogens (tertiary/aromatic N) is 5. The molecule has 7 aromatic carbocycles. The quantitative estimate of drug-likeness (QED) is 0.153. The van der Waals surface area contributed by atoms with Crippen LogP contribution in [0.25, 0.3) is 95.0 Å². The van der Waals surface area contributed by atoms with E-state index in [2.05, 4.69) is 161 Å². The van der Waals surface area contributed by atoms with Gasteiger partial charge < -0.3 is 4.57 Å². The highest BCUT2D eigenvalue weighted by atomic mass is 15.0. The Labute approximate surface area is 379 Å². The molecular weight excluding hydrogens is 791 g/mol. The van der Waals surface area contributed by atoms with Crippen LogP contribution in [0.1, 0.15) is 44.1 Å². The summed E-state index contributed by atoms with van der Waals surface area (Å²) in [6, 6.07) is 65.7. The number of benzene rings is 7. The molecule has 4 aliphatic carbocycles. The predicted octanol–water partition coefficient (Wildman–Crippen LogP) is 14.8. The Balaban J connectivity index is 1.03. The fourth-order valence-corrected chi connectivity index (χ4v) is 12.4. The molecule has 4 aliphatic rings. The minimum absolute atomic E-state index is 0.338. The van der Waals surface area contributed by atoms with Crippen LogP contribution in [0.4, 0.5) is 0 Å². The largest absolute Gasteiger partial charge is 0.309 e. The topological polar surface area (TPSA) is 56.5 Å². The van der Waals surface area contributed by atoms with E-state index in [0.717, 1.165) is 78.6 Å². The lowest BCUT2D eigenvalue weighted by Gasteiger charge is -2.57. The van der Waals surface area contributed by atoms with Crippen LogP contribution in [0.3, 0.4) is 0 Å². The van der Waals surface area contributed by atoms with Gasteiger partial charge in [-0.25, -0.2) is 15.0 Å². The molecule has 0 aliphatic heterocycles. The first-order chi connectivity index (χ1) is 32.1. The summed E-state index contributed by atoms with van der Waals surface area (Å²) < 4.78 is 2.44. The normalized spacial score (nSPS) is 19.8. The van der Waals surface area contributed by atoms with E-state index in [9.17, 15) is 0 Å². The Hall–Kier alpha value is -7.50. The van der Waals surface area contributed by atoms with Crippen LogP contribution in [0, 0.1) is 17.8 Å². The Bertz CT molecular complexity index is 3340. The van der Waals surface area contributed by atoms with Crippen molar-refractivity contribution in [3.63, 3.8) is 0 Å². The van der Waals surface area contributed by atoms with Gasteiger partial charge in [0, 0.05) is 45.5 Å². The van der Waals surface area contributed by atoms with Crippen molar-refractivity contribution in [1.82, 2.24) is 24.5 Å². The Morgan fingerprint density at radius 2 is 0.923 bits per heavy atom. The van der Waals surface area contributed by atoms with Crippen LogP contribution >= 0.6 is 0 Å². The molecule has 0 unspecified atom stereocenters. The third-order valence-corrected chi connectivity index (χ3v) is 14.9. The minimum Gasteiger partial charge on any atom is -0.309 e. The Kier molecular flexibility index (Phi) is 8.97. The van der Waals surface area contributed by atoms with E-state index in [1.807, 2.05) is 42.7 Å². The maximum absolute atomic E-state index is 5.41. The maximum Gasteiger partial charge on any atom is 0.164 e. The fraction of sp³-hybridized carbons (Fsp3) is 0.167. The third kappa shape index (κ3) is 6.68. The van der Waals surface area contributed by atoms with Gasteiger partial charge in [0.2, 0.25) is 0 Å². The number of para-hydroxylation sites is 1. The van der Waals surface area contributed by atoms with Gasteiger partial charge in [0.1, 0.15) is 0 Å². The van der Waals surface area contributed by atoms with Gasteiger partial charge in [-0.3, -0.25) is 4.98 Å². The van der Waals surface area contributed by atoms with Gasteiger partial charge in [-0.2, -0.15) is 0 Å². The maximum atomic E-state index is 5.41. The number of hydrogen-bond donors (Lipinski definition) is 0. The Morgan fingerprint density at radius 3 is 1.62 bits per heavy atom. The van der Waals surface area contributed by atoms with Crippen molar-refractivity contribution in [2.24, 2.45) is 17.8 Å². The third-order valence-electron chi connectivity index (χ3n) is 14.9. The van der Waals surface area contributed by atoms with E-state index < -0.39 is 0 Å². The molecule has 0 amide bonds. The van der Waals surface area contributed by atoms with E-state index in [0.29, 0.717) is 22.9 Å². The molecule has 0 N–H and O–H groups in total. The number of fused-ring (bicyclic) bond motifs is 3. The van der Waals surface area contributed by atoms with Gasteiger partial charge in [-0.05, 0) is 143 Å². The molecule has 14 rings (SSSR count). The second-order valence-corrected chi connectivity index (χ2v) is 18.9. The van der Waals surface area contributed by atoms with Gasteiger partial charge >= 0.3 is 0 Å². The van der Waals surface area contributed by atoms with Crippen molar-refractivity contribution < 1.29 is 0 Å². The molecule has 0 radical (unpaired) electrons. The number of pyridine rings is 1. The average Bonchev–Trinajstić information content (AvgIpc) is 3.71. The van der Waals surface area contributed by atoms with Crippen LogP contribution < -0.4 is 0 Å². The summed E-state index contributed by atoms with van der Waals surface area (Å²) in [5, 5.41) is 2.26. The summed E-state index contributed by atoms with van der Waals surface area (Å²) >= 11 is 0. The number of hydrogen-bond acceptors (Lipinski definition) is 4. The van der Waals surface area contributed by atoms with Gasteiger partial charge in [0.05, 0.1) is 11.0 Å². The summed E-state index contributed by atoms with van der Waals surface area (Å²) in [7, 11) is 0. The standard InChI is InChI=1S/C60H47N5/c1-3-10-42(11-4-1)48-14-9-15-51(33-48)65-54-17-8-7-16-52(54)56-53(34-49(35-55(56)65)44-22-24-50(25-23-44)60-36-39-30-40(37-60)32-41(31-39)38-60)59-63-57(46-12-5-2-6-13-46)62-58(64-59)47-20-18-43(19-21-47)45-26-28-61-29-27-45/h1-29,33-35,39-41H,30-32,36-38H2. The lowest BCUT2D eigenvalue weighted by atomic mass is 9.48. The Morgan fingerprint density at radius 1 is 0.400 bits per heavy atom. The summed E-state index contributed by atoms with van der Waals surface area (Å²) in [5.41, 5.74) is 15.0. The molecule has 65 heavy (non-hydrogen) atoms. The van der Waals surface area contributed by atoms with Crippen LogP contribution in [-0.4, -0.2) is 24.5 Å². The number of aromatic nitrogens is 5. The van der Waals surface area contributed by atoms with E-state index in [-0.39, 0.29) is 0 Å². The predicted molar refractivity (Wildman–Crippen MR) is 264 cm³/mol. The fourth-order valence-electron chi connectivity index (χ4n) is 12.4. The van der Waals surface area contributed by atoms with E-state index in [1.165, 1.54) is 60.8 Å². The molecule has 0 spiro atoms. The molecular formula is C60H47N5. The van der Waals surface area contributed by atoms with Crippen molar-refractivity contribution in [3.8, 4) is 73.2 Å². The van der Waals surface area contributed by atoms with E-state index >= 15 is 0 Å². The zero-order valence-corrected chi connectivity index (χ0v) is 36.2. The molecule has 5 heteroatoms. The van der Waals surface area contributed by atoms with Crippen molar-refractivity contribution in [2.75, 3.05) is 0 Å². The van der Waals surface area contributed by atoms with Crippen molar-refractivity contribution in [1.29, 1.82) is 0 Å². The SMILES string of the molecule is c1ccc(-c2cccc(-n3c4ccccc4c4c(-c5nc(-c6ccccc6)nc(-c6ccc(-c7ccncc7)cc6)n5)cc(-c5ccc(C67CC8CC(CC(C8)C6)C7)cc5)cc43)c2)cc1. The van der Waals surface area contributed by atoms with E-state index in [1.54, 1.807) is 0 Å². The van der Waals surface area contributed by atoms with Gasteiger partial charge in [0.25, 0.3) is 0 Å². The van der Waals surface area contributed by atoms with Crippen molar-refractivity contribution >= 4 is 21.8 Å². The van der Waals surface area contributed by atoms with Gasteiger partial charge in [-0.1, -0.05) is 140 Å². The highest BCUT2D eigenvalue weighted by molar-refractivity contribution is 6.16. The summed E-state index contributed by atoms with van der Waals surface area (Å²) in [6.45, 7) is 0. The molecule has 0 saturated heterocycles. The average molecular weight is 838 g/mol. The van der Waals surface area contributed by atoms with Crippen LogP contribution in [0.15, 0.2) is 194 Å². The zero-order valence-electron chi connectivity index (χ0n) is 36.2. The number of rotatable bonds is 8. The summed E-state index contributed by atoms with van der Waals surface area (Å²) in [5.74, 6) is 4.62. The lowest BCUT2D eigenvalue weighted by Crippen LogP contribution is -2.48. The summed E-state index contributed by atoms with van der Waals surface area (Å²) in [6.07, 6.45) is 12.1.